The third kappa shape index (κ3) is 4.42. The van der Waals surface area contributed by atoms with Crippen LogP contribution < -0.4 is 11.1 Å². The Hall–Kier alpha value is -3.50. The van der Waals surface area contributed by atoms with E-state index in [0.717, 1.165) is 16.0 Å². The first-order valence-electron chi connectivity index (χ1n) is 8.59. The van der Waals surface area contributed by atoms with Crippen LogP contribution in [-0.2, 0) is 11.2 Å². The SMILES string of the molecule is Cc1cc(-c2ccc(C(=O)N[C@@H](Cc3ccccc3)C(N)=O)cn2)sc1C#N. The molecule has 0 aliphatic rings. The molecule has 7 heteroatoms. The average molecular weight is 390 g/mol. The molecule has 0 spiro atoms. The van der Waals surface area contributed by atoms with Crippen LogP contribution in [0, 0.1) is 18.3 Å². The van der Waals surface area contributed by atoms with Gasteiger partial charge in [-0.25, -0.2) is 0 Å². The number of nitrogens with two attached hydrogens (primary N) is 1. The molecular weight excluding hydrogens is 372 g/mol. The van der Waals surface area contributed by atoms with Crippen LogP contribution in [0.25, 0.3) is 10.6 Å². The summed E-state index contributed by atoms with van der Waals surface area (Å²) < 4.78 is 0. The summed E-state index contributed by atoms with van der Waals surface area (Å²) in [5.41, 5.74) is 8.26. The second-order valence-electron chi connectivity index (χ2n) is 6.28. The van der Waals surface area contributed by atoms with Gasteiger partial charge in [0, 0.05) is 12.6 Å². The summed E-state index contributed by atoms with van der Waals surface area (Å²) in [6.45, 7) is 1.87. The lowest BCUT2D eigenvalue weighted by atomic mass is 10.1. The summed E-state index contributed by atoms with van der Waals surface area (Å²) in [6, 6.07) is 15.9. The Balaban J connectivity index is 1.72. The number of carbonyl (C=O) groups is 2. The first-order chi connectivity index (χ1) is 13.5. The van der Waals surface area contributed by atoms with E-state index < -0.39 is 17.9 Å². The van der Waals surface area contributed by atoms with Gasteiger partial charge in [-0.15, -0.1) is 11.3 Å². The maximum atomic E-state index is 12.5. The number of thiophene rings is 1. The lowest BCUT2D eigenvalue weighted by Crippen LogP contribution is -2.45. The number of benzene rings is 1. The second-order valence-corrected chi connectivity index (χ2v) is 7.34. The van der Waals surface area contributed by atoms with E-state index in [4.69, 9.17) is 11.0 Å². The van der Waals surface area contributed by atoms with Crippen LogP contribution >= 0.6 is 11.3 Å². The Labute approximate surface area is 166 Å². The van der Waals surface area contributed by atoms with E-state index in [1.54, 1.807) is 12.1 Å². The number of nitriles is 1. The van der Waals surface area contributed by atoms with Gasteiger partial charge in [0.15, 0.2) is 0 Å². The Morgan fingerprint density at radius 2 is 2.00 bits per heavy atom. The minimum absolute atomic E-state index is 0.318. The molecule has 28 heavy (non-hydrogen) atoms. The highest BCUT2D eigenvalue weighted by atomic mass is 32.1. The van der Waals surface area contributed by atoms with E-state index >= 15 is 0 Å². The summed E-state index contributed by atoms with van der Waals surface area (Å²) in [5.74, 6) is -1.02. The number of aromatic nitrogens is 1. The van der Waals surface area contributed by atoms with Crippen LogP contribution in [0.3, 0.4) is 0 Å². The maximum absolute atomic E-state index is 12.5. The van der Waals surface area contributed by atoms with Crippen molar-refractivity contribution < 1.29 is 9.59 Å². The van der Waals surface area contributed by atoms with Crippen molar-refractivity contribution in [3.8, 4) is 16.6 Å². The summed E-state index contributed by atoms with van der Waals surface area (Å²) in [7, 11) is 0. The fraction of sp³-hybridized carbons (Fsp3) is 0.143. The van der Waals surface area contributed by atoms with Crippen LogP contribution in [0.4, 0.5) is 0 Å². The number of primary amides is 1. The van der Waals surface area contributed by atoms with E-state index in [1.165, 1.54) is 17.5 Å². The summed E-state index contributed by atoms with van der Waals surface area (Å²) in [4.78, 5) is 30.1. The monoisotopic (exact) mass is 390 g/mol. The van der Waals surface area contributed by atoms with Gasteiger partial charge in [0.25, 0.3) is 5.91 Å². The standard InChI is InChI=1S/C21H18N4O2S/c1-13-9-18(28-19(13)11-22)16-8-7-15(12-24-16)21(27)25-17(20(23)26)10-14-5-3-2-4-6-14/h2-9,12,17H,10H2,1H3,(H2,23,26)(H,25,27)/t17-/m0/s1. The van der Waals surface area contributed by atoms with E-state index in [0.29, 0.717) is 22.6 Å². The predicted molar refractivity (Wildman–Crippen MR) is 108 cm³/mol. The van der Waals surface area contributed by atoms with Gasteiger partial charge in [0.05, 0.1) is 16.1 Å². The molecule has 0 bridgehead atoms. The molecule has 0 fully saturated rings. The van der Waals surface area contributed by atoms with Gasteiger partial charge in [0.1, 0.15) is 17.0 Å². The number of hydrogen-bond acceptors (Lipinski definition) is 5. The molecule has 140 valence electrons. The molecule has 3 aromatic rings. The Bertz CT molecular complexity index is 1040. The van der Waals surface area contributed by atoms with Crippen molar-refractivity contribution in [1.29, 1.82) is 5.26 Å². The number of rotatable bonds is 6. The van der Waals surface area contributed by atoms with Crippen molar-refractivity contribution in [2.75, 3.05) is 0 Å². The fourth-order valence-electron chi connectivity index (χ4n) is 2.71. The minimum atomic E-state index is -0.812. The number of hydrogen-bond donors (Lipinski definition) is 2. The number of nitrogens with zero attached hydrogens (tertiary/aromatic N) is 2. The normalized spacial score (nSPS) is 11.4. The van der Waals surface area contributed by atoms with Crippen molar-refractivity contribution in [3.05, 3.63) is 76.3 Å². The van der Waals surface area contributed by atoms with Gasteiger partial charge < -0.3 is 11.1 Å². The van der Waals surface area contributed by atoms with Gasteiger partial charge in [0.2, 0.25) is 5.91 Å². The molecule has 0 aliphatic carbocycles. The molecule has 3 rings (SSSR count). The van der Waals surface area contributed by atoms with Crippen LogP contribution in [-0.4, -0.2) is 22.8 Å². The molecule has 3 N–H and O–H groups in total. The second kappa shape index (κ2) is 8.46. The molecule has 0 unspecified atom stereocenters. The quantitative estimate of drug-likeness (QED) is 0.674. The number of amides is 2. The van der Waals surface area contributed by atoms with Crippen molar-refractivity contribution in [2.24, 2.45) is 5.73 Å². The molecule has 6 nitrogen and oxygen atoms in total. The van der Waals surface area contributed by atoms with Gasteiger partial charge in [-0.2, -0.15) is 5.26 Å². The molecule has 2 aromatic heterocycles. The van der Waals surface area contributed by atoms with Crippen LogP contribution in [0.1, 0.15) is 26.4 Å². The highest BCUT2D eigenvalue weighted by Crippen LogP contribution is 2.29. The van der Waals surface area contributed by atoms with Crippen molar-refractivity contribution >= 4 is 23.2 Å². The molecule has 0 aliphatic heterocycles. The predicted octanol–water partition coefficient (Wildman–Crippen LogP) is 2.82. The molecule has 0 saturated heterocycles. The summed E-state index contributed by atoms with van der Waals surface area (Å²) in [5, 5.41) is 11.7. The zero-order valence-electron chi connectivity index (χ0n) is 15.2. The van der Waals surface area contributed by atoms with E-state index in [2.05, 4.69) is 16.4 Å². The average Bonchev–Trinajstić information content (AvgIpc) is 3.09. The van der Waals surface area contributed by atoms with Crippen LogP contribution in [0.15, 0.2) is 54.7 Å². The molecule has 0 radical (unpaired) electrons. The van der Waals surface area contributed by atoms with Crippen LogP contribution in [0.2, 0.25) is 0 Å². The highest BCUT2D eigenvalue weighted by molar-refractivity contribution is 7.16. The van der Waals surface area contributed by atoms with E-state index in [1.807, 2.05) is 43.3 Å². The highest BCUT2D eigenvalue weighted by Gasteiger charge is 2.20. The molecule has 2 heterocycles. The first kappa shape index (κ1) is 19.3. The van der Waals surface area contributed by atoms with Crippen LogP contribution in [0.5, 0.6) is 0 Å². The zero-order chi connectivity index (χ0) is 20.1. The van der Waals surface area contributed by atoms with Gasteiger partial charge in [-0.05, 0) is 36.2 Å². The summed E-state index contributed by atoms with van der Waals surface area (Å²) in [6.07, 6.45) is 1.77. The maximum Gasteiger partial charge on any atom is 0.253 e. The number of nitrogens with one attached hydrogen (secondary N) is 1. The summed E-state index contributed by atoms with van der Waals surface area (Å²) >= 11 is 1.36. The van der Waals surface area contributed by atoms with E-state index in [-0.39, 0.29) is 0 Å². The first-order valence-corrected chi connectivity index (χ1v) is 9.40. The molecule has 0 saturated carbocycles. The molecule has 2 amide bonds. The van der Waals surface area contributed by atoms with Crippen molar-refractivity contribution in [1.82, 2.24) is 10.3 Å². The number of pyridine rings is 1. The number of carbonyl (C=O) groups excluding carboxylic acids is 2. The van der Waals surface area contributed by atoms with Gasteiger partial charge >= 0.3 is 0 Å². The van der Waals surface area contributed by atoms with Gasteiger partial charge in [-0.3, -0.25) is 14.6 Å². The molecular formula is C21H18N4O2S. The lowest BCUT2D eigenvalue weighted by molar-refractivity contribution is -0.119. The fourth-order valence-corrected chi connectivity index (χ4v) is 3.65. The third-order valence-corrected chi connectivity index (χ3v) is 5.39. The largest absolute Gasteiger partial charge is 0.368 e. The molecule has 1 aromatic carbocycles. The lowest BCUT2D eigenvalue weighted by Gasteiger charge is -2.15. The van der Waals surface area contributed by atoms with Gasteiger partial charge in [-0.1, -0.05) is 30.3 Å². The van der Waals surface area contributed by atoms with E-state index in [9.17, 15) is 9.59 Å². The number of aryl methyl sites for hydroxylation is 1. The van der Waals surface area contributed by atoms with Crippen molar-refractivity contribution in [3.63, 3.8) is 0 Å². The smallest absolute Gasteiger partial charge is 0.253 e. The Morgan fingerprint density at radius 3 is 2.57 bits per heavy atom. The third-order valence-electron chi connectivity index (χ3n) is 4.23. The Kier molecular flexibility index (Phi) is 5.82. The Morgan fingerprint density at radius 1 is 1.25 bits per heavy atom. The van der Waals surface area contributed by atoms with Crippen molar-refractivity contribution in [2.45, 2.75) is 19.4 Å². The molecule has 1 atom stereocenters. The topological polar surface area (TPSA) is 109 Å². The minimum Gasteiger partial charge on any atom is -0.368 e. The zero-order valence-corrected chi connectivity index (χ0v) is 16.0.